The third-order valence-corrected chi connectivity index (χ3v) is 3.80. The zero-order chi connectivity index (χ0) is 17.2. The summed E-state index contributed by atoms with van der Waals surface area (Å²) in [6.07, 6.45) is 0.902. The molecule has 5 heteroatoms. The summed E-state index contributed by atoms with van der Waals surface area (Å²) in [6, 6.07) is 18.1. The Morgan fingerprint density at radius 2 is 1.80 bits per heavy atom. The molecule has 0 aliphatic carbocycles. The molecule has 136 valence electrons. The van der Waals surface area contributed by atoms with E-state index in [1.807, 2.05) is 56.4 Å². The fourth-order valence-corrected chi connectivity index (χ4v) is 2.43. The van der Waals surface area contributed by atoms with Crippen molar-refractivity contribution in [2.75, 3.05) is 25.5 Å². The molecule has 0 aromatic heterocycles. The van der Waals surface area contributed by atoms with E-state index in [4.69, 9.17) is 4.74 Å². The highest BCUT2D eigenvalue weighted by Crippen LogP contribution is 2.13. The summed E-state index contributed by atoms with van der Waals surface area (Å²) in [5, 5.41) is 5.96. The molecule has 0 spiro atoms. The molecule has 0 saturated carbocycles. The van der Waals surface area contributed by atoms with Crippen LogP contribution in [-0.4, -0.2) is 26.1 Å². The Balaban J connectivity index is 0.00000312. The molecule has 1 unspecified atom stereocenters. The van der Waals surface area contributed by atoms with Crippen LogP contribution in [0.25, 0.3) is 0 Å². The minimum absolute atomic E-state index is 0. The topological polar surface area (TPSA) is 50.4 Å². The zero-order valence-corrected chi connectivity index (χ0v) is 15.6. The third kappa shape index (κ3) is 7.69. The fourth-order valence-electron chi connectivity index (χ4n) is 2.43. The van der Waals surface area contributed by atoms with E-state index in [0.717, 1.165) is 17.7 Å². The molecule has 0 fully saturated rings. The van der Waals surface area contributed by atoms with Crippen molar-refractivity contribution in [3.05, 3.63) is 65.7 Å². The maximum atomic E-state index is 12.0. The predicted octanol–water partition coefficient (Wildman–Crippen LogP) is 3.66. The number of rotatable bonds is 9. The molecule has 1 amide bonds. The molecule has 2 aromatic rings. The molecule has 25 heavy (non-hydrogen) atoms. The Labute approximate surface area is 156 Å². The highest BCUT2D eigenvalue weighted by molar-refractivity contribution is 5.92. The van der Waals surface area contributed by atoms with Gasteiger partial charge in [-0.05, 0) is 36.7 Å². The summed E-state index contributed by atoms with van der Waals surface area (Å²) in [6.45, 7) is 3.79. The average molecular weight is 363 g/mol. The van der Waals surface area contributed by atoms with Crippen LogP contribution in [-0.2, 0) is 22.6 Å². The second-order valence-electron chi connectivity index (χ2n) is 5.94. The monoisotopic (exact) mass is 362 g/mol. The summed E-state index contributed by atoms with van der Waals surface area (Å²) in [4.78, 5) is 12.0. The Kier molecular flexibility index (Phi) is 9.85. The summed E-state index contributed by atoms with van der Waals surface area (Å²) < 4.78 is 5.75. The van der Waals surface area contributed by atoms with E-state index >= 15 is 0 Å². The van der Waals surface area contributed by atoms with Crippen LogP contribution in [0.2, 0.25) is 0 Å². The normalized spacial score (nSPS) is 11.4. The first-order valence-electron chi connectivity index (χ1n) is 8.35. The second kappa shape index (κ2) is 11.6. The molecule has 0 saturated heterocycles. The summed E-state index contributed by atoms with van der Waals surface area (Å²) in [7, 11) is 1.84. The number of hydrogen-bond donors (Lipinski definition) is 2. The maximum absolute atomic E-state index is 12.0. The first-order chi connectivity index (χ1) is 11.7. The lowest BCUT2D eigenvalue weighted by Crippen LogP contribution is -2.28. The zero-order valence-electron chi connectivity index (χ0n) is 14.8. The van der Waals surface area contributed by atoms with Gasteiger partial charge in [-0.1, -0.05) is 49.4 Å². The number of anilines is 1. The van der Waals surface area contributed by atoms with Crippen molar-refractivity contribution in [3.8, 4) is 0 Å². The van der Waals surface area contributed by atoms with Gasteiger partial charge in [0.1, 0.15) is 0 Å². The van der Waals surface area contributed by atoms with Gasteiger partial charge in [-0.2, -0.15) is 0 Å². The molecule has 0 heterocycles. The number of hydrogen-bond acceptors (Lipinski definition) is 3. The predicted molar refractivity (Wildman–Crippen MR) is 105 cm³/mol. The Bertz CT molecular complexity index is 635. The lowest BCUT2D eigenvalue weighted by Gasteiger charge is -2.12. The summed E-state index contributed by atoms with van der Waals surface area (Å²) in [5.41, 5.74) is 3.14. The number of nitrogens with one attached hydrogen (secondary N) is 2. The van der Waals surface area contributed by atoms with Crippen molar-refractivity contribution >= 4 is 24.0 Å². The minimum Gasteiger partial charge on any atom is -0.376 e. The second-order valence-corrected chi connectivity index (χ2v) is 5.94. The van der Waals surface area contributed by atoms with E-state index in [0.29, 0.717) is 19.8 Å². The largest absolute Gasteiger partial charge is 0.376 e. The van der Waals surface area contributed by atoms with Crippen LogP contribution in [0.4, 0.5) is 5.69 Å². The van der Waals surface area contributed by atoms with Gasteiger partial charge < -0.3 is 15.4 Å². The van der Waals surface area contributed by atoms with Crippen LogP contribution < -0.4 is 10.6 Å². The van der Waals surface area contributed by atoms with Gasteiger partial charge in [-0.3, -0.25) is 4.79 Å². The summed E-state index contributed by atoms with van der Waals surface area (Å²) >= 11 is 0. The van der Waals surface area contributed by atoms with E-state index in [1.165, 1.54) is 5.56 Å². The molecule has 2 rings (SSSR count). The van der Waals surface area contributed by atoms with Crippen molar-refractivity contribution in [3.63, 3.8) is 0 Å². The standard InChI is InChI=1S/C20H26N2O2.ClH/c1-16(14-21-2)20(23)22-19-10-6-9-18(13-19)15-24-12-11-17-7-4-3-5-8-17;/h3-10,13,16,21H,11-12,14-15H2,1-2H3,(H,22,23);1H. The molecule has 0 bridgehead atoms. The number of halogens is 1. The smallest absolute Gasteiger partial charge is 0.228 e. The van der Waals surface area contributed by atoms with Gasteiger partial charge in [0, 0.05) is 18.2 Å². The maximum Gasteiger partial charge on any atom is 0.228 e. The van der Waals surface area contributed by atoms with Crippen LogP contribution in [0, 0.1) is 5.92 Å². The van der Waals surface area contributed by atoms with Gasteiger partial charge in [-0.25, -0.2) is 0 Å². The van der Waals surface area contributed by atoms with Crippen molar-refractivity contribution in [2.45, 2.75) is 20.0 Å². The Hall–Kier alpha value is -1.88. The number of carbonyl (C=O) groups is 1. The van der Waals surface area contributed by atoms with Crippen LogP contribution >= 0.6 is 12.4 Å². The molecular weight excluding hydrogens is 336 g/mol. The molecular formula is C20H27ClN2O2. The van der Waals surface area contributed by atoms with Crippen LogP contribution in [0.1, 0.15) is 18.1 Å². The van der Waals surface area contributed by atoms with Crippen LogP contribution in [0.15, 0.2) is 54.6 Å². The van der Waals surface area contributed by atoms with Crippen molar-refractivity contribution in [1.29, 1.82) is 0 Å². The minimum atomic E-state index is -0.0687. The van der Waals surface area contributed by atoms with Gasteiger partial charge in [0.05, 0.1) is 13.2 Å². The number of carbonyl (C=O) groups excluding carboxylic acids is 1. The first-order valence-corrected chi connectivity index (χ1v) is 8.35. The lowest BCUT2D eigenvalue weighted by molar-refractivity contribution is -0.119. The van der Waals surface area contributed by atoms with Gasteiger partial charge >= 0.3 is 0 Å². The fraction of sp³-hybridized carbons (Fsp3) is 0.350. The number of benzene rings is 2. The van der Waals surface area contributed by atoms with E-state index in [-0.39, 0.29) is 24.2 Å². The first kappa shape index (κ1) is 21.2. The highest BCUT2D eigenvalue weighted by Gasteiger charge is 2.11. The number of amides is 1. The van der Waals surface area contributed by atoms with E-state index in [2.05, 4.69) is 22.8 Å². The lowest BCUT2D eigenvalue weighted by atomic mass is 10.1. The molecule has 0 radical (unpaired) electrons. The number of ether oxygens (including phenoxy) is 1. The molecule has 0 aliphatic rings. The van der Waals surface area contributed by atoms with Crippen LogP contribution in [0.5, 0.6) is 0 Å². The van der Waals surface area contributed by atoms with Gasteiger partial charge in [0.2, 0.25) is 5.91 Å². The highest BCUT2D eigenvalue weighted by atomic mass is 35.5. The summed E-state index contributed by atoms with van der Waals surface area (Å²) in [5.74, 6) is -0.0488. The third-order valence-electron chi connectivity index (χ3n) is 3.80. The molecule has 0 aliphatic heterocycles. The van der Waals surface area contributed by atoms with Crippen molar-refractivity contribution in [2.24, 2.45) is 5.92 Å². The molecule has 4 nitrogen and oxygen atoms in total. The Morgan fingerprint density at radius 1 is 1.08 bits per heavy atom. The van der Waals surface area contributed by atoms with Gasteiger partial charge in [-0.15, -0.1) is 12.4 Å². The molecule has 2 aromatic carbocycles. The van der Waals surface area contributed by atoms with Gasteiger partial charge in [0.25, 0.3) is 0 Å². The Morgan fingerprint density at radius 3 is 2.52 bits per heavy atom. The quantitative estimate of drug-likeness (QED) is 0.669. The van der Waals surface area contributed by atoms with Gasteiger partial charge in [0.15, 0.2) is 0 Å². The van der Waals surface area contributed by atoms with Crippen molar-refractivity contribution < 1.29 is 9.53 Å². The molecule has 1 atom stereocenters. The van der Waals surface area contributed by atoms with E-state index < -0.39 is 0 Å². The van der Waals surface area contributed by atoms with E-state index in [9.17, 15) is 4.79 Å². The molecule has 2 N–H and O–H groups in total. The van der Waals surface area contributed by atoms with Crippen LogP contribution in [0.3, 0.4) is 0 Å². The SMILES string of the molecule is CNCC(C)C(=O)Nc1cccc(COCCc2ccccc2)c1.Cl. The van der Waals surface area contributed by atoms with E-state index in [1.54, 1.807) is 0 Å². The van der Waals surface area contributed by atoms with Crippen molar-refractivity contribution in [1.82, 2.24) is 5.32 Å². The average Bonchev–Trinajstić information content (AvgIpc) is 2.60.